The molecule has 0 heterocycles. The van der Waals surface area contributed by atoms with Gasteiger partial charge in [-0.05, 0) is 54.4 Å². The normalized spacial score (nSPS) is 10.3. The number of ether oxygens (including phenoxy) is 6. The fraction of sp³-hybridized carbons (Fsp3) is 0.219. The number of aryl methyl sites for hydroxylation is 1. The Kier molecular flexibility index (Phi) is 9.83. The summed E-state index contributed by atoms with van der Waals surface area (Å²) in [5, 5.41) is 3.33. The second-order valence-electron chi connectivity index (χ2n) is 9.13. The van der Waals surface area contributed by atoms with Gasteiger partial charge in [0.05, 0.1) is 41.2 Å². The van der Waals surface area contributed by atoms with Crippen molar-refractivity contribution in [1.82, 2.24) is 5.48 Å². The van der Waals surface area contributed by atoms with Crippen molar-refractivity contribution in [2.24, 2.45) is 0 Å². The third-order valence-corrected chi connectivity index (χ3v) is 6.26. The molecule has 0 aromatic heterocycles. The Labute approximate surface area is 245 Å². The van der Waals surface area contributed by atoms with Crippen LogP contribution in [0.15, 0.2) is 72.8 Å². The molecule has 0 aliphatic heterocycles. The molecular weight excluding hydrogens is 540 g/mol. The van der Waals surface area contributed by atoms with Gasteiger partial charge in [-0.1, -0.05) is 12.1 Å². The minimum atomic E-state index is -0.486. The number of methoxy groups -OCH3 is 5. The van der Waals surface area contributed by atoms with Crippen molar-refractivity contribution in [3.63, 3.8) is 0 Å². The molecule has 0 atom stereocenters. The highest BCUT2D eigenvalue weighted by Gasteiger charge is 2.14. The predicted octanol–water partition coefficient (Wildman–Crippen LogP) is 6.08. The molecular formula is C32H34N2O8. The molecule has 0 bridgehead atoms. The average molecular weight is 575 g/mol. The second kappa shape index (κ2) is 13.9. The van der Waals surface area contributed by atoms with E-state index in [1.165, 1.54) is 14.2 Å². The van der Waals surface area contributed by atoms with Gasteiger partial charge in [0.25, 0.3) is 5.91 Å². The number of amides is 1. The summed E-state index contributed by atoms with van der Waals surface area (Å²) in [4.78, 5) is 18.8. The fourth-order valence-electron chi connectivity index (χ4n) is 4.04. The van der Waals surface area contributed by atoms with E-state index in [-0.39, 0.29) is 6.61 Å². The summed E-state index contributed by atoms with van der Waals surface area (Å²) in [5.74, 6) is 3.30. The van der Waals surface area contributed by atoms with Gasteiger partial charge in [0.1, 0.15) is 29.6 Å². The van der Waals surface area contributed by atoms with Crippen molar-refractivity contribution in [3.05, 3.63) is 89.5 Å². The zero-order chi connectivity index (χ0) is 30.1. The lowest BCUT2D eigenvalue weighted by atomic mass is 10.1. The Morgan fingerprint density at radius 2 is 1.24 bits per heavy atom. The number of hydrogen-bond donors (Lipinski definition) is 2. The van der Waals surface area contributed by atoms with E-state index < -0.39 is 5.91 Å². The van der Waals surface area contributed by atoms with Crippen LogP contribution in [0.25, 0.3) is 0 Å². The number of rotatable bonds is 13. The van der Waals surface area contributed by atoms with Crippen LogP contribution in [-0.4, -0.2) is 41.5 Å². The lowest BCUT2D eigenvalue weighted by Crippen LogP contribution is -2.27. The number of carbonyl (C=O) groups is 1. The van der Waals surface area contributed by atoms with Crippen LogP contribution in [0.5, 0.6) is 40.2 Å². The Hall–Kier alpha value is -5.25. The molecule has 0 saturated carbocycles. The van der Waals surface area contributed by atoms with Crippen LogP contribution in [0, 0.1) is 6.92 Å². The van der Waals surface area contributed by atoms with E-state index in [9.17, 15) is 4.79 Å². The van der Waals surface area contributed by atoms with E-state index in [1.807, 2.05) is 49.4 Å². The van der Waals surface area contributed by atoms with Crippen LogP contribution in [0.3, 0.4) is 0 Å². The first-order chi connectivity index (χ1) is 20.3. The largest absolute Gasteiger partial charge is 0.497 e. The highest BCUT2D eigenvalue weighted by molar-refractivity contribution is 5.94. The summed E-state index contributed by atoms with van der Waals surface area (Å²) in [6.07, 6.45) is 0. The van der Waals surface area contributed by atoms with Gasteiger partial charge in [-0.3, -0.25) is 4.79 Å². The molecule has 10 heteroatoms. The Morgan fingerprint density at radius 3 is 1.83 bits per heavy atom. The summed E-state index contributed by atoms with van der Waals surface area (Å²) in [6, 6.07) is 21.4. The van der Waals surface area contributed by atoms with Crippen molar-refractivity contribution in [2.75, 3.05) is 40.9 Å². The molecule has 220 valence electrons. The van der Waals surface area contributed by atoms with Gasteiger partial charge in [0.15, 0.2) is 17.2 Å². The molecule has 2 N–H and O–H groups in total. The number of nitrogens with one attached hydrogen (secondary N) is 2. The van der Waals surface area contributed by atoms with Crippen LogP contribution < -0.4 is 44.1 Å². The van der Waals surface area contributed by atoms with E-state index in [0.717, 1.165) is 11.1 Å². The van der Waals surface area contributed by atoms with E-state index in [1.54, 1.807) is 51.7 Å². The van der Waals surface area contributed by atoms with Gasteiger partial charge >= 0.3 is 0 Å². The molecule has 42 heavy (non-hydrogen) atoms. The summed E-state index contributed by atoms with van der Waals surface area (Å²) in [5.41, 5.74) is 5.94. The Bertz CT molecular complexity index is 1490. The first-order valence-corrected chi connectivity index (χ1v) is 13.0. The predicted molar refractivity (Wildman–Crippen MR) is 159 cm³/mol. The van der Waals surface area contributed by atoms with E-state index in [0.29, 0.717) is 57.2 Å². The van der Waals surface area contributed by atoms with Crippen LogP contribution in [-0.2, 0) is 6.61 Å². The van der Waals surface area contributed by atoms with E-state index >= 15 is 0 Å². The maximum atomic E-state index is 13.0. The molecule has 10 nitrogen and oxygen atoms in total. The number of anilines is 2. The summed E-state index contributed by atoms with van der Waals surface area (Å²) in [7, 11) is 7.78. The molecule has 4 rings (SSSR count). The zero-order valence-electron chi connectivity index (χ0n) is 24.4. The molecule has 0 radical (unpaired) electrons. The first kappa shape index (κ1) is 29.7. The first-order valence-electron chi connectivity index (χ1n) is 13.0. The van der Waals surface area contributed by atoms with Crippen molar-refractivity contribution >= 4 is 17.3 Å². The molecule has 4 aromatic carbocycles. The minimum Gasteiger partial charge on any atom is -0.497 e. The van der Waals surface area contributed by atoms with E-state index in [4.69, 9.17) is 33.3 Å². The van der Waals surface area contributed by atoms with Gasteiger partial charge in [-0.2, -0.15) is 5.48 Å². The lowest BCUT2D eigenvalue weighted by molar-refractivity contribution is 0.0760. The number of hydrogen-bond acceptors (Lipinski definition) is 9. The topological polar surface area (TPSA) is 106 Å². The van der Waals surface area contributed by atoms with Gasteiger partial charge in [-0.25, -0.2) is 0 Å². The molecule has 0 aliphatic rings. The quantitative estimate of drug-likeness (QED) is 0.184. The summed E-state index contributed by atoms with van der Waals surface area (Å²) < 4.78 is 32.9. The molecule has 4 aromatic rings. The monoisotopic (exact) mass is 574 g/mol. The molecule has 0 saturated heterocycles. The standard InChI is InChI=1S/C32H34N2O8/c1-20-7-9-30(31(11-20)40-6)41-19-21-8-10-29(28(12-21)33-23-15-26(38-4)18-27(16-23)39-5)42-34-32(35)22-13-24(36-2)17-25(14-22)37-3/h7-18,33H,19H2,1-6H3,(H,34,35). The minimum absolute atomic E-state index is 0.256. The highest BCUT2D eigenvalue weighted by Crippen LogP contribution is 2.34. The number of carbonyl (C=O) groups excluding carboxylic acids is 1. The van der Waals surface area contributed by atoms with Gasteiger partial charge in [-0.15, -0.1) is 0 Å². The van der Waals surface area contributed by atoms with Gasteiger partial charge in [0.2, 0.25) is 0 Å². The summed E-state index contributed by atoms with van der Waals surface area (Å²) in [6.45, 7) is 2.24. The van der Waals surface area contributed by atoms with Gasteiger partial charge < -0.3 is 38.6 Å². The smallest absolute Gasteiger partial charge is 0.284 e. The Morgan fingerprint density at radius 1 is 0.643 bits per heavy atom. The number of benzene rings is 4. The molecule has 0 aliphatic carbocycles. The fourth-order valence-corrected chi connectivity index (χ4v) is 4.04. The van der Waals surface area contributed by atoms with Gasteiger partial charge in [0, 0.05) is 35.5 Å². The Balaban J connectivity index is 1.60. The highest BCUT2D eigenvalue weighted by atomic mass is 16.7. The van der Waals surface area contributed by atoms with Crippen molar-refractivity contribution in [1.29, 1.82) is 0 Å². The van der Waals surface area contributed by atoms with Crippen molar-refractivity contribution in [3.8, 4) is 40.2 Å². The average Bonchev–Trinajstić information content (AvgIpc) is 3.02. The lowest BCUT2D eigenvalue weighted by Gasteiger charge is -2.17. The van der Waals surface area contributed by atoms with Crippen molar-refractivity contribution in [2.45, 2.75) is 13.5 Å². The number of hydroxylamine groups is 1. The maximum absolute atomic E-state index is 13.0. The SMILES string of the molecule is COc1cc(Nc2cc(COc3ccc(C)cc3OC)ccc2ONC(=O)c2cc(OC)cc(OC)c2)cc(OC)c1. The zero-order valence-corrected chi connectivity index (χ0v) is 24.4. The van der Waals surface area contributed by atoms with Crippen LogP contribution in [0.1, 0.15) is 21.5 Å². The molecule has 1 amide bonds. The molecule has 0 spiro atoms. The second-order valence-corrected chi connectivity index (χ2v) is 9.13. The van der Waals surface area contributed by atoms with Crippen molar-refractivity contribution < 1.29 is 38.1 Å². The van der Waals surface area contributed by atoms with E-state index in [2.05, 4.69) is 10.8 Å². The maximum Gasteiger partial charge on any atom is 0.284 e. The molecule has 0 fully saturated rings. The third-order valence-electron chi connectivity index (χ3n) is 6.26. The van der Waals surface area contributed by atoms with Crippen LogP contribution >= 0.6 is 0 Å². The van der Waals surface area contributed by atoms with Crippen LogP contribution in [0.4, 0.5) is 11.4 Å². The molecule has 0 unspecified atom stereocenters. The third kappa shape index (κ3) is 7.48. The van der Waals surface area contributed by atoms with Crippen LogP contribution in [0.2, 0.25) is 0 Å². The summed E-state index contributed by atoms with van der Waals surface area (Å²) >= 11 is 0.